The van der Waals surface area contributed by atoms with Crippen LogP contribution in [0.3, 0.4) is 0 Å². The van der Waals surface area contributed by atoms with Gasteiger partial charge in [-0.25, -0.2) is 0 Å². The van der Waals surface area contributed by atoms with Crippen LogP contribution in [0.5, 0.6) is 0 Å². The van der Waals surface area contributed by atoms with Gasteiger partial charge in [0.2, 0.25) is 0 Å². The minimum atomic E-state index is -0.551. The summed E-state index contributed by atoms with van der Waals surface area (Å²) >= 11 is 0. The molecule has 0 radical (unpaired) electrons. The number of nitrogens with one attached hydrogen (secondary N) is 1. The van der Waals surface area contributed by atoms with Crippen molar-refractivity contribution in [2.24, 2.45) is 5.92 Å². The second-order valence-electron chi connectivity index (χ2n) is 6.79. The molecule has 0 rings (SSSR count). The Balaban J connectivity index is 4.28. The Morgan fingerprint density at radius 1 is 1.24 bits per heavy atom. The average Bonchev–Trinajstić information content (AvgIpc) is 2.40. The van der Waals surface area contributed by atoms with Crippen LogP contribution in [0.2, 0.25) is 0 Å². The normalized spacial score (nSPS) is 14.8. The van der Waals surface area contributed by atoms with E-state index in [1.807, 2.05) is 13.8 Å². The van der Waals surface area contributed by atoms with E-state index in [-0.39, 0.29) is 5.97 Å². The molecule has 0 fully saturated rings. The molecule has 4 heteroatoms. The van der Waals surface area contributed by atoms with Crippen molar-refractivity contribution >= 4 is 5.97 Å². The molecule has 4 nitrogen and oxygen atoms in total. The lowest BCUT2D eigenvalue weighted by Crippen LogP contribution is -2.50. The van der Waals surface area contributed by atoms with E-state index >= 15 is 0 Å². The molecule has 0 amide bonds. The third kappa shape index (κ3) is 7.82. The first-order chi connectivity index (χ1) is 9.76. The lowest BCUT2D eigenvalue weighted by Gasteiger charge is -2.30. The van der Waals surface area contributed by atoms with Crippen molar-refractivity contribution in [1.82, 2.24) is 10.2 Å². The highest BCUT2D eigenvalue weighted by Gasteiger charge is 2.32. The molecule has 0 heterocycles. The number of likely N-dealkylation sites (N-methyl/N-ethyl adjacent to an activating group) is 1. The van der Waals surface area contributed by atoms with Gasteiger partial charge in [-0.15, -0.1) is 0 Å². The first-order valence-electron chi connectivity index (χ1n) is 8.34. The number of unbranched alkanes of at least 4 members (excludes halogenated alkanes) is 1. The van der Waals surface area contributed by atoms with E-state index in [9.17, 15) is 4.79 Å². The minimum Gasteiger partial charge on any atom is -0.468 e. The summed E-state index contributed by atoms with van der Waals surface area (Å²) < 4.78 is 4.93. The van der Waals surface area contributed by atoms with E-state index in [1.165, 1.54) is 7.11 Å². The first-order valence-corrected chi connectivity index (χ1v) is 8.34. The smallest absolute Gasteiger partial charge is 0.325 e. The number of esters is 1. The van der Waals surface area contributed by atoms with Gasteiger partial charge < -0.3 is 15.0 Å². The molecular weight excluding hydrogens is 264 g/mol. The first kappa shape index (κ1) is 20.4. The van der Waals surface area contributed by atoms with Gasteiger partial charge in [0, 0.05) is 12.6 Å². The van der Waals surface area contributed by atoms with Gasteiger partial charge in [0.1, 0.15) is 5.54 Å². The molecule has 0 bridgehead atoms. The summed E-state index contributed by atoms with van der Waals surface area (Å²) in [6.07, 6.45) is 2.96. The van der Waals surface area contributed by atoms with Crippen LogP contribution in [0.1, 0.15) is 60.8 Å². The van der Waals surface area contributed by atoms with Crippen molar-refractivity contribution in [2.75, 3.05) is 26.7 Å². The van der Waals surface area contributed by atoms with Crippen LogP contribution >= 0.6 is 0 Å². The molecule has 1 N–H and O–H groups in total. The standard InChI is InChI=1S/C17H36N2O2/c1-8-18-17(6,16(20)21-7)11-9-10-12-19(15(4)5)13-14(2)3/h14-15,18H,8-13H2,1-7H3. The predicted molar refractivity (Wildman–Crippen MR) is 89.5 cm³/mol. The number of hydrogen-bond donors (Lipinski definition) is 1. The second-order valence-corrected chi connectivity index (χ2v) is 6.79. The molecule has 0 aromatic carbocycles. The molecule has 21 heavy (non-hydrogen) atoms. The lowest BCUT2D eigenvalue weighted by atomic mass is 9.94. The topological polar surface area (TPSA) is 41.6 Å². The van der Waals surface area contributed by atoms with Crippen molar-refractivity contribution in [3.8, 4) is 0 Å². The van der Waals surface area contributed by atoms with Crippen LogP contribution in [-0.4, -0.2) is 49.2 Å². The highest BCUT2D eigenvalue weighted by Crippen LogP contribution is 2.16. The second kappa shape index (κ2) is 10.2. The lowest BCUT2D eigenvalue weighted by molar-refractivity contribution is -0.148. The largest absolute Gasteiger partial charge is 0.468 e. The average molecular weight is 300 g/mol. The number of carbonyl (C=O) groups is 1. The molecule has 126 valence electrons. The summed E-state index contributed by atoms with van der Waals surface area (Å²) in [6.45, 7) is 16.0. The fraction of sp³-hybridized carbons (Fsp3) is 0.941. The van der Waals surface area contributed by atoms with Crippen molar-refractivity contribution in [2.45, 2.75) is 72.4 Å². The van der Waals surface area contributed by atoms with Crippen LogP contribution < -0.4 is 5.32 Å². The maximum absolute atomic E-state index is 11.9. The Morgan fingerprint density at radius 2 is 1.86 bits per heavy atom. The third-order valence-electron chi connectivity index (χ3n) is 3.90. The van der Waals surface area contributed by atoms with Gasteiger partial charge >= 0.3 is 5.97 Å². The number of nitrogens with zero attached hydrogens (tertiary/aromatic N) is 1. The molecule has 0 aromatic heterocycles. The molecule has 0 aromatic rings. The SMILES string of the molecule is CCNC(C)(CCCCN(CC(C)C)C(C)C)C(=O)OC. The summed E-state index contributed by atoms with van der Waals surface area (Å²) in [5.41, 5.74) is -0.551. The van der Waals surface area contributed by atoms with Gasteiger partial charge in [-0.1, -0.05) is 20.8 Å². The van der Waals surface area contributed by atoms with Crippen LogP contribution in [0.25, 0.3) is 0 Å². The van der Waals surface area contributed by atoms with Gasteiger partial charge in [0.05, 0.1) is 7.11 Å². The predicted octanol–water partition coefficient (Wildman–Crippen LogP) is 3.06. The van der Waals surface area contributed by atoms with E-state index in [1.54, 1.807) is 0 Å². The van der Waals surface area contributed by atoms with Gasteiger partial charge in [0.15, 0.2) is 0 Å². The van der Waals surface area contributed by atoms with Gasteiger partial charge in [0.25, 0.3) is 0 Å². The molecular formula is C17H36N2O2. The number of carbonyl (C=O) groups excluding carboxylic acids is 1. The molecule has 0 saturated heterocycles. The quantitative estimate of drug-likeness (QED) is 0.470. The third-order valence-corrected chi connectivity index (χ3v) is 3.90. The van der Waals surface area contributed by atoms with Crippen LogP contribution in [0.15, 0.2) is 0 Å². The summed E-state index contributed by atoms with van der Waals surface area (Å²) in [4.78, 5) is 14.4. The summed E-state index contributed by atoms with van der Waals surface area (Å²) in [6, 6.07) is 0.577. The van der Waals surface area contributed by atoms with E-state index < -0.39 is 5.54 Å². The van der Waals surface area contributed by atoms with Crippen molar-refractivity contribution < 1.29 is 9.53 Å². The van der Waals surface area contributed by atoms with E-state index in [2.05, 4.69) is 37.9 Å². The summed E-state index contributed by atoms with van der Waals surface area (Å²) in [5, 5.41) is 3.26. The minimum absolute atomic E-state index is 0.160. The highest BCUT2D eigenvalue weighted by atomic mass is 16.5. The zero-order valence-electron chi connectivity index (χ0n) is 15.2. The van der Waals surface area contributed by atoms with Crippen molar-refractivity contribution in [3.05, 3.63) is 0 Å². The van der Waals surface area contributed by atoms with Crippen molar-refractivity contribution in [1.29, 1.82) is 0 Å². The summed E-state index contributed by atoms with van der Waals surface area (Å²) in [7, 11) is 1.46. The number of methoxy groups -OCH3 is 1. The maximum Gasteiger partial charge on any atom is 0.325 e. The summed E-state index contributed by atoms with van der Waals surface area (Å²) in [5.74, 6) is 0.529. The Bertz CT molecular complexity index is 293. The Hall–Kier alpha value is -0.610. The zero-order chi connectivity index (χ0) is 16.5. The highest BCUT2D eigenvalue weighted by molar-refractivity contribution is 5.80. The van der Waals surface area contributed by atoms with Crippen LogP contribution in [0, 0.1) is 5.92 Å². The molecule has 0 aliphatic rings. The fourth-order valence-corrected chi connectivity index (χ4v) is 2.70. The Kier molecular flexibility index (Phi) is 9.88. The van der Waals surface area contributed by atoms with Gasteiger partial charge in [-0.05, 0) is 59.0 Å². The number of hydrogen-bond acceptors (Lipinski definition) is 4. The van der Waals surface area contributed by atoms with Crippen LogP contribution in [0.4, 0.5) is 0 Å². The van der Waals surface area contributed by atoms with E-state index in [4.69, 9.17) is 4.74 Å². The Morgan fingerprint density at radius 3 is 2.29 bits per heavy atom. The number of ether oxygens (including phenoxy) is 1. The molecule has 0 aliphatic carbocycles. The van der Waals surface area contributed by atoms with Crippen LogP contribution in [-0.2, 0) is 9.53 Å². The van der Waals surface area contributed by atoms with Crippen molar-refractivity contribution in [3.63, 3.8) is 0 Å². The molecule has 1 unspecified atom stereocenters. The molecule has 0 spiro atoms. The molecule has 1 atom stereocenters. The van der Waals surface area contributed by atoms with E-state index in [0.717, 1.165) is 38.9 Å². The maximum atomic E-state index is 11.9. The van der Waals surface area contributed by atoms with Gasteiger partial charge in [-0.2, -0.15) is 0 Å². The Labute approximate surface area is 131 Å². The molecule has 0 aliphatic heterocycles. The number of rotatable bonds is 11. The molecule has 0 saturated carbocycles. The van der Waals surface area contributed by atoms with E-state index in [0.29, 0.717) is 12.0 Å². The zero-order valence-corrected chi connectivity index (χ0v) is 15.2. The fourth-order valence-electron chi connectivity index (χ4n) is 2.70. The van der Waals surface area contributed by atoms with Gasteiger partial charge in [-0.3, -0.25) is 4.79 Å². The monoisotopic (exact) mass is 300 g/mol.